The number of methoxy groups -OCH3 is 2. The first-order valence-electron chi connectivity index (χ1n) is 9.30. The van der Waals surface area contributed by atoms with Gasteiger partial charge in [0.05, 0.1) is 35.6 Å². The number of aryl methyl sites for hydroxylation is 1. The standard InChI is InChI=1S/C21H17Cl2N5O4/c1-10-17-18(27-21(24-10)25-11-4-6-15(31-2)13(22)8-11)28(20(30)19(29)26-17)12-5-7-16(32-3)14(23)9-12/h4-9H,1-3H3,(H,26,29)(H,24,25,27). The van der Waals surface area contributed by atoms with Crippen molar-refractivity contribution < 1.29 is 9.47 Å². The molecule has 0 spiro atoms. The van der Waals surface area contributed by atoms with Gasteiger partial charge < -0.3 is 19.8 Å². The molecule has 0 saturated heterocycles. The number of fused-ring (bicyclic) bond motifs is 1. The molecule has 2 N–H and O–H groups in total. The maximum absolute atomic E-state index is 12.8. The van der Waals surface area contributed by atoms with Crippen LogP contribution in [0.5, 0.6) is 11.5 Å². The maximum Gasteiger partial charge on any atom is 0.322 e. The minimum atomic E-state index is -0.810. The molecule has 0 fully saturated rings. The molecule has 9 nitrogen and oxygen atoms in total. The summed E-state index contributed by atoms with van der Waals surface area (Å²) < 4.78 is 11.5. The topological polar surface area (TPSA) is 111 Å². The fraction of sp³-hybridized carbons (Fsp3) is 0.143. The average Bonchev–Trinajstić information content (AvgIpc) is 2.75. The van der Waals surface area contributed by atoms with Crippen molar-refractivity contribution in [2.45, 2.75) is 6.92 Å². The van der Waals surface area contributed by atoms with E-state index >= 15 is 0 Å². The summed E-state index contributed by atoms with van der Waals surface area (Å²) in [6.45, 7) is 1.70. The molecule has 2 aromatic heterocycles. The van der Waals surface area contributed by atoms with Gasteiger partial charge in [-0.3, -0.25) is 14.2 Å². The summed E-state index contributed by atoms with van der Waals surface area (Å²) in [5.74, 6) is 1.16. The van der Waals surface area contributed by atoms with Gasteiger partial charge in [-0.05, 0) is 43.3 Å². The Morgan fingerprint density at radius 3 is 2.25 bits per heavy atom. The average molecular weight is 474 g/mol. The largest absolute Gasteiger partial charge is 0.495 e. The minimum absolute atomic E-state index is 0.199. The lowest BCUT2D eigenvalue weighted by Gasteiger charge is -2.13. The number of aromatic amines is 1. The minimum Gasteiger partial charge on any atom is -0.495 e. The molecule has 2 aromatic carbocycles. The highest BCUT2D eigenvalue weighted by molar-refractivity contribution is 6.32. The number of hydrogen-bond donors (Lipinski definition) is 2. The van der Waals surface area contributed by atoms with E-state index in [-0.39, 0.29) is 16.6 Å². The molecule has 0 aliphatic carbocycles. The number of rotatable bonds is 5. The van der Waals surface area contributed by atoms with Gasteiger partial charge >= 0.3 is 11.1 Å². The van der Waals surface area contributed by atoms with E-state index in [9.17, 15) is 9.59 Å². The van der Waals surface area contributed by atoms with Gasteiger partial charge in [0.15, 0.2) is 5.65 Å². The molecule has 0 saturated carbocycles. The summed E-state index contributed by atoms with van der Waals surface area (Å²) in [5.41, 5.74) is 0.329. The monoisotopic (exact) mass is 473 g/mol. The molecular weight excluding hydrogens is 457 g/mol. The Bertz CT molecular complexity index is 1470. The van der Waals surface area contributed by atoms with Crippen LogP contribution in [0.2, 0.25) is 10.0 Å². The summed E-state index contributed by atoms with van der Waals surface area (Å²) in [6.07, 6.45) is 0. The smallest absolute Gasteiger partial charge is 0.322 e. The molecule has 164 valence electrons. The van der Waals surface area contributed by atoms with Gasteiger partial charge in [0.1, 0.15) is 17.0 Å². The van der Waals surface area contributed by atoms with Crippen LogP contribution in [0.4, 0.5) is 11.6 Å². The van der Waals surface area contributed by atoms with E-state index in [1.165, 1.54) is 24.9 Å². The third-order valence-electron chi connectivity index (χ3n) is 4.72. The maximum atomic E-state index is 12.8. The number of H-pyrrole nitrogens is 1. The Hall–Kier alpha value is -3.56. The lowest BCUT2D eigenvalue weighted by atomic mass is 10.2. The van der Waals surface area contributed by atoms with Gasteiger partial charge in [-0.2, -0.15) is 4.98 Å². The molecule has 0 aliphatic rings. The zero-order chi connectivity index (χ0) is 23.0. The number of hydrogen-bond acceptors (Lipinski definition) is 7. The number of nitrogens with zero attached hydrogens (tertiary/aromatic N) is 3. The second kappa shape index (κ2) is 8.52. The van der Waals surface area contributed by atoms with Gasteiger partial charge in [-0.25, -0.2) is 4.98 Å². The fourth-order valence-corrected chi connectivity index (χ4v) is 3.70. The highest BCUT2D eigenvalue weighted by atomic mass is 35.5. The van der Waals surface area contributed by atoms with Crippen LogP contribution in [0.15, 0.2) is 46.0 Å². The second-order valence-corrected chi connectivity index (χ2v) is 7.53. The lowest BCUT2D eigenvalue weighted by molar-refractivity contribution is 0.415. The Balaban J connectivity index is 1.91. The summed E-state index contributed by atoms with van der Waals surface area (Å²) in [4.78, 5) is 36.5. The van der Waals surface area contributed by atoms with Crippen molar-refractivity contribution in [2.75, 3.05) is 19.5 Å². The van der Waals surface area contributed by atoms with Crippen LogP contribution in [-0.4, -0.2) is 33.7 Å². The molecule has 0 aliphatic heterocycles. The van der Waals surface area contributed by atoms with Crippen LogP contribution in [0.25, 0.3) is 16.9 Å². The molecule has 0 amide bonds. The Kier molecular flexibility index (Phi) is 5.77. The molecular formula is C21H17Cl2N5O4. The van der Waals surface area contributed by atoms with Crippen molar-refractivity contribution in [2.24, 2.45) is 0 Å². The number of ether oxygens (including phenoxy) is 2. The number of aromatic nitrogens is 4. The van der Waals surface area contributed by atoms with Gasteiger partial charge in [0.25, 0.3) is 0 Å². The predicted molar refractivity (Wildman–Crippen MR) is 123 cm³/mol. The van der Waals surface area contributed by atoms with E-state index in [1.807, 2.05) is 0 Å². The lowest BCUT2D eigenvalue weighted by Crippen LogP contribution is -2.36. The first-order valence-corrected chi connectivity index (χ1v) is 10.1. The van der Waals surface area contributed by atoms with Gasteiger partial charge in [0.2, 0.25) is 5.95 Å². The highest BCUT2D eigenvalue weighted by Crippen LogP contribution is 2.29. The number of halogens is 2. The summed E-state index contributed by atoms with van der Waals surface area (Å²) >= 11 is 12.4. The Labute approximate surface area is 191 Å². The quantitative estimate of drug-likeness (QED) is 0.423. The van der Waals surface area contributed by atoms with E-state index in [2.05, 4.69) is 20.3 Å². The van der Waals surface area contributed by atoms with Gasteiger partial charge in [0, 0.05) is 5.69 Å². The van der Waals surface area contributed by atoms with Crippen molar-refractivity contribution >= 4 is 46.0 Å². The Morgan fingerprint density at radius 2 is 1.62 bits per heavy atom. The molecule has 32 heavy (non-hydrogen) atoms. The normalized spacial score (nSPS) is 10.9. The van der Waals surface area contributed by atoms with Crippen LogP contribution in [0.3, 0.4) is 0 Å². The van der Waals surface area contributed by atoms with Crippen LogP contribution >= 0.6 is 23.2 Å². The SMILES string of the molecule is COc1ccc(Nc2nc(C)c3[nH]c(=O)c(=O)n(-c4ccc(OC)c(Cl)c4)c3n2)cc1Cl. The first kappa shape index (κ1) is 21.7. The van der Waals surface area contributed by atoms with Crippen molar-refractivity contribution in [1.82, 2.24) is 19.5 Å². The second-order valence-electron chi connectivity index (χ2n) is 6.72. The molecule has 2 heterocycles. The van der Waals surface area contributed by atoms with E-state index in [1.54, 1.807) is 37.3 Å². The molecule has 0 atom stereocenters. The third kappa shape index (κ3) is 3.88. The first-order chi connectivity index (χ1) is 15.3. The van der Waals surface area contributed by atoms with Crippen molar-refractivity contribution in [3.8, 4) is 17.2 Å². The highest BCUT2D eigenvalue weighted by Gasteiger charge is 2.16. The van der Waals surface area contributed by atoms with E-state index in [0.29, 0.717) is 39.1 Å². The van der Waals surface area contributed by atoms with Gasteiger partial charge in [-0.1, -0.05) is 23.2 Å². The van der Waals surface area contributed by atoms with Crippen LogP contribution in [0, 0.1) is 6.92 Å². The van der Waals surface area contributed by atoms with E-state index < -0.39 is 11.1 Å². The molecule has 4 rings (SSSR count). The third-order valence-corrected chi connectivity index (χ3v) is 5.31. The Morgan fingerprint density at radius 1 is 0.969 bits per heavy atom. The van der Waals surface area contributed by atoms with Crippen molar-refractivity contribution in [3.63, 3.8) is 0 Å². The van der Waals surface area contributed by atoms with Crippen LogP contribution in [0.1, 0.15) is 5.69 Å². The number of benzene rings is 2. The predicted octanol–water partition coefficient (Wildman–Crippen LogP) is 3.85. The number of anilines is 2. The van der Waals surface area contributed by atoms with Crippen molar-refractivity contribution in [1.29, 1.82) is 0 Å². The van der Waals surface area contributed by atoms with Crippen LogP contribution < -0.4 is 25.9 Å². The summed E-state index contributed by atoms with van der Waals surface area (Å²) in [7, 11) is 3.01. The zero-order valence-corrected chi connectivity index (χ0v) is 18.7. The van der Waals surface area contributed by atoms with Gasteiger partial charge in [-0.15, -0.1) is 0 Å². The zero-order valence-electron chi connectivity index (χ0n) is 17.2. The molecule has 11 heteroatoms. The number of nitrogens with one attached hydrogen (secondary N) is 2. The van der Waals surface area contributed by atoms with E-state index in [0.717, 1.165) is 0 Å². The molecule has 0 radical (unpaired) electrons. The molecule has 4 aromatic rings. The van der Waals surface area contributed by atoms with Crippen LogP contribution in [-0.2, 0) is 0 Å². The molecule has 0 unspecified atom stereocenters. The fourth-order valence-electron chi connectivity index (χ4n) is 3.19. The van der Waals surface area contributed by atoms with Crippen molar-refractivity contribution in [3.05, 3.63) is 72.8 Å². The summed E-state index contributed by atoms with van der Waals surface area (Å²) in [6, 6.07) is 9.84. The molecule has 0 bridgehead atoms. The van der Waals surface area contributed by atoms with E-state index in [4.69, 9.17) is 32.7 Å². The summed E-state index contributed by atoms with van der Waals surface area (Å²) in [5, 5.41) is 3.74.